The summed E-state index contributed by atoms with van der Waals surface area (Å²) in [5.74, 6) is 0. The first-order chi connectivity index (χ1) is 3.25. The van der Waals surface area contributed by atoms with Gasteiger partial charge in [-0.25, -0.2) is 0 Å². The van der Waals surface area contributed by atoms with Crippen molar-refractivity contribution in [1.82, 2.24) is 0 Å². The zero-order chi connectivity index (χ0) is 7.00. The normalized spacial score (nSPS) is 14.2. The molecular weight excluding hydrogens is 180 g/mol. The Hall–Kier alpha value is 1.36. The first-order valence-electron chi connectivity index (χ1n) is 1.87. The topological polar surface area (TPSA) is 20.2 Å². The lowest BCUT2D eigenvalue weighted by Gasteiger charge is -2.28. The first kappa shape index (κ1) is 9.36. The summed E-state index contributed by atoms with van der Waals surface area (Å²) in [4.78, 5) is 0. The van der Waals surface area contributed by atoms with Crippen LogP contribution in [0.3, 0.4) is 0 Å². The van der Waals surface area contributed by atoms with E-state index in [4.69, 9.17) is 5.11 Å². The van der Waals surface area contributed by atoms with Crippen LogP contribution in [-0.2, 0) is 0 Å². The number of thiol groups is 4. The molecule has 1 N–H and O–H groups in total. The summed E-state index contributed by atoms with van der Waals surface area (Å²) in [5.41, 5.74) is 0. The van der Waals surface area contributed by atoms with Crippen molar-refractivity contribution in [1.29, 1.82) is 0 Å². The molecule has 0 radical (unpaired) electrons. The van der Waals surface area contributed by atoms with Gasteiger partial charge in [0.15, 0.2) is 4.27 Å². The molecule has 0 aliphatic carbocycles. The fourth-order valence-electron chi connectivity index (χ4n) is 0. The Bertz CT molecular complexity index is 66.3. The molecule has 0 aromatic rings. The summed E-state index contributed by atoms with van der Waals surface area (Å²) in [7, 11) is 0. The third-order valence-electron chi connectivity index (χ3n) is 0.635. The quantitative estimate of drug-likeness (QED) is 0.308. The lowest BCUT2D eigenvalue weighted by Crippen LogP contribution is -2.33. The minimum Gasteiger partial charge on any atom is -0.369 e. The van der Waals surface area contributed by atoms with E-state index in [0.717, 1.165) is 0 Å². The standard InChI is InChI=1S/C3H8OS4/c1-2(5,6)3(4,7)8/h4-8H,1H3. The summed E-state index contributed by atoms with van der Waals surface area (Å²) in [5, 5.41) is 8.93. The zero-order valence-electron chi connectivity index (χ0n) is 4.24. The van der Waals surface area contributed by atoms with E-state index in [1.165, 1.54) is 0 Å². The molecule has 0 saturated carbocycles. The number of hydrogen-bond donors (Lipinski definition) is 5. The van der Waals surface area contributed by atoms with E-state index in [1.807, 2.05) is 0 Å². The molecule has 0 atom stereocenters. The van der Waals surface area contributed by atoms with Gasteiger partial charge < -0.3 is 5.11 Å². The van der Waals surface area contributed by atoms with E-state index in [9.17, 15) is 0 Å². The SMILES string of the molecule is CC(S)(S)C(O)(S)S. The van der Waals surface area contributed by atoms with Crippen molar-refractivity contribution >= 4 is 50.5 Å². The van der Waals surface area contributed by atoms with Gasteiger partial charge in [-0.05, 0) is 6.92 Å². The zero-order valence-corrected chi connectivity index (χ0v) is 7.81. The highest BCUT2D eigenvalue weighted by molar-refractivity contribution is 8.07. The van der Waals surface area contributed by atoms with Crippen molar-refractivity contribution in [3.8, 4) is 0 Å². The fourth-order valence-corrected chi connectivity index (χ4v) is 0. The molecule has 0 aromatic heterocycles. The molecule has 50 valence electrons. The second kappa shape index (κ2) is 2.54. The third kappa shape index (κ3) is 2.77. The molecule has 0 rings (SSSR count). The van der Waals surface area contributed by atoms with Gasteiger partial charge in [0.25, 0.3) is 0 Å². The maximum absolute atomic E-state index is 8.93. The molecule has 0 heterocycles. The van der Waals surface area contributed by atoms with Crippen LogP contribution < -0.4 is 0 Å². The van der Waals surface area contributed by atoms with E-state index in [-0.39, 0.29) is 0 Å². The monoisotopic (exact) mass is 188 g/mol. The third-order valence-corrected chi connectivity index (χ3v) is 2.88. The summed E-state index contributed by atoms with van der Waals surface area (Å²) >= 11 is 15.2. The minimum absolute atomic E-state index is 0.890. The lowest BCUT2D eigenvalue weighted by molar-refractivity contribution is 0.227. The Balaban J connectivity index is 4.02. The van der Waals surface area contributed by atoms with Crippen LogP contribution in [0.15, 0.2) is 0 Å². The smallest absolute Gasteiger partial charge is 0.175 e. The number of rotatable bonds is 1. The van der Waals surface area contributed by atoms with Gasteiger partial charge in [0.05, 0.1) is 4.08 Å². The number of hydrogen-bond acceptors (Lipinski definition) is 5. The fraction of sp³-hybridized carbons (Fsp3) is 1.00. The average Bonchev–Trinajstić information content (AvgIpc) is 1.25. The largest absolute Gasteiger partial charge is 0.369 e. The summed E-state index contributed by atoms with van der Waals surface area (Å²) in [6.45, 7) is 1.60. The number of aliphatic hydroxyl groups is 1. The maximum atomic E-state index is 8.93. The maximum Gasteiger partial charge on any atom is 0.175 e. The summed E-state index contributed by atoms with van der Waals surface area (Å²) < 4.78 is -2.33. The molecule has 0 bridgehead atoms. The van der Waals surface area contributed by atoms with Crippen LogP contribution in [0.4, 0.5) is 0 Å². The van der Waals surface area contributed by atoms with E-state index >= 15 is 0 Å². The molecule has 0 aliphatic heterocycles. The summed E-state index contributed by atoms with van der Waals surface area (Å²) in [6.07, 6.45) is 0. The van der Waals surface area contributed by atoms with Gasteiger partial charge in [-0.3, -0.25) is 0 Å². The van der Waals surface area contributed by atoms with E-state index in [2.05, 4.69) is 50.5 Å². The highest BCUT2D eigenvalue weighted by Gasteiger charge is 2.34. The predicted molar refractivity (Wildman–Crippen MR) is 49.3 cm³/mol. The molecule has 0 fully saturated rings. The molecular formula is C3H8OS4. The van der Waals surface area contributed by atoms with Crippen LogP contribution in [0.2, 0.25) is 0 Å². The van der Waals surface area contributed by atoms with Crippen LogP contribution >= 0.6 is 50.5 Å². The van der Waals surface area contributed by atoms with Crippen molar-refractivity contribution in [2.45, 2.75) is 15.3 Å². The highest BCUT2D eigenvalue weighted by Crippen LogP contribution is 2.37. The molecule has 0 amide bonds. The van der Waals surface area contributed by atoms with Gasteiger partial charge in [-0.15, -0.1) is 25.3 Å². The molecule has 0 spiro atoms. The van der Waals surface area contributed by atoms with Crippen molar-refractivity contribution in [2.24, 2.45) is 0 Å². The first-order valence-corrected chi connectivity index (χ1v) is 3.66. The predicted octanol–water partition coefficient (Wildman–Crippen LogP) is 1.07. The molecule has 0 aromatic carbocycles. The second-order valence-electron chi connectivity index (χ2n) is 1.66. The Kier molecular flexibility index (Phi) is 2.97. The lowest BCUT2D eigenvalue weighted by atomic mass is 10.5. The molecule has 1 nitrogen and oxygen atoms in total. The van der Waals surface area contributed by atoms with Gasteiger partial charge in [-0.1, -0.05) is 0 Å². The van der Waals surface area contributed by atoms with Crippen molar-refractivity contribution < 1.29 is 5.11 Å². The van der Waals surface area contributed by atoms with E-state index < -0.39 is 8.34 Å². The Morgan fingerprint density at radius 3 is 1.25 bits per heavy atom. The van der Waals surface area contributed by atoms with Crippen molar-refractivity contribution in [3.05, 3.63) is 0 Å². The van der Waals surface area contributed by atoms with Gasteiger partial charge in [0.1, 0.15) is 0 Å². The molecule has 5 heteroatoms. The Morgan fingerprint density at radius 1 is 1.12 bits per heavy atom. The van der Waals surface area contributed by atoms with Crippen LogP contribution in [0, 0.1) is 0 Å². The minimum atomic E-state index is -1.45. The Labute approximate surface area is 70.9 Å². The van der Waals surface area contributed by atoms with Gasteiger partial charge >= 0.3 is 0 Å². The van der Waals surface area contributed by atoms with Crippen LogP contribution in [0.25, 0.3) is 0 Å². The van der Waals surface area contributed by atoms with Crippen LogP contribution in [-0.4, -0.2) is 13.5 Å². The highest BCUT2D eigenvalue weighted by atomic mass is 32.2. The van der Waals surface area contributed by atoms with Gasteiger partial charge in [0.2, 0.25) is 0 Å². The van der Waals surface area contributed by atoms with Crippen LogP contribution in [0.5, 0.6) is 0 Å². The molecule has 0 unspecified atom stereocenters. The molecule has 8 heavy (non-hydrogen) atoms. The van der Waals surface area contributed by atoms with E-state index in [1.54, 1.807) is 6.92 Å². The average molecular weight is 188 g/mol. The van der Waals surface area contributed by atoms with E-state index in [0.29, 0.717) is 0 Å². The molecule has 0 saturated heterocycles. The summed E-state index contributed by atoms with van der Waals surface area (Å²) in [6, 6.07) is 0. The van der Waals surface area contributed by atoms with Crippen molar-refractivity contribution in [3.63, 3.8) is 0 Å². The second-order valence-corrected chi connectivity index (χ2v) is 5.45. The molecule has 0 aliphatic rings. The van der Waals surface area contributed by atoms with Gasteiger partial charge in [0, 0.05) is 0 Å². The van der Waals surface area contributed by atoms with Crippen molar-refractivity contribution in [2.75, 3.05) is 0 Å². The Morgan fingerprint density at radius 2 is 1.25 bits per heavy atom. The van der Waals surface area contributed by atoms with Gasteiger partial charge in [-0.2, -0.15) is 25.3 Å². The van der Waals surface area contributed by atoms with Crippen LogP contribution in [0.1, 0.15) is 6.92 Å².